The molecule has 1 aliphatic heterocycles. The molecule has 4 unspecified atom stereocenters. The van der Waals surface area contributed by atoms with Crippen molar-refractivity contribution in [3.63, 3.8) is 0 Å². The fraction of sp³-hybridized carbons (Fsp3) is 0.556. The molecule has 1 aromatic carbocycles. The van der Waals surface area contributed by atoms with Gasteiger partial charge in [-0.25, -0.2) is 0 Å². The van der Waals surface area contributed by atoms with Crippen molar-refractivity contribution in [2.24, 2.45) is 23.2 Å². The van der Waals surface area contributed by atoms with Crippen LogP contribution in [0.15, 0.2) is 35.9 Å². The molecule has 1 fully saturated rings. The monoisotopic (exact) mass is 288 g/mol. The van der Waals surface area contributed by atoms with E-state index in [0.717, 1.165) is 5.56 Å². The molecule has 0 spiro atoms. The summed E-state index contributed by atoms with van der Waals surface area (Å²) in [5.41, 5.74) is 1.95. The van der Waals surface area contributed by atoms with Crippen LogP contribution in [0, 0.1) is 23.2 Å². The summed E-state index contributed by atoms with van der Waals surface area (Å²) in [7, 11) is 0. The first-order valence-corrected chi connectivity index (χ1v) is 7.70. The zero-order valence-corrected chi connectivity index (χ0v) is 12.9. The van der Waals surface area contributed by atoms with Gasteiger partial charge in [0.25, 0.3) is 0 Å². The Bertz CT molecular complexity index is 565. The third-order valence-electron chi connectivity index (χ3n) is 5.79. The fourth-order valence-electron chi connectivity index (χ4n) is 4.30. The van der Waals surface area contributed by atoms with E-state index in [1.807, 2.05) is 18.2 Å². The summed E-state index contributed by atoms with van der Waals surface area (Å²) >= 11 is 0. The van der Waals surface area contributed by atoms with Crippen molar-refractivity contribution in [3.05, 3.63) is 41.5 Å². The molecule has 0 aromatic heterocycles. The van der Waals surface area contributed by atoms with Crippen LogP contribution in [0.25, 0.3) is 0 Å². The zero-order chi connectivity index (χ0) is 15.2. The molecule has 2 N–H and O–H groups in total. The molecule has 3 heteroatoms. The molecule has 0 radical (unpaired) electrons. The molecule has 3 rings (SSSR count). The minimum absolute atomic E-state index is 0.135. The highest BCUT2D eigenvalue weighted by Crippen LogP contribution is 2.56. The summed E-state index contributed by atoms with van der Waals surface area (Å²) in [5.74, 6) is 1.12. The third-order valence-corrected chi connectivity index (χ3v) is 5.79. The Hall–Kier alpha value is -1.32. The Kier molecular flexibility index (Phi) is 3.58. The van der Waals surface area contributed by atoms with Crippen molar-refractivity contribution in [2.75, 3.05) is 13.2 Å². The first kappa shape index (κ1) is 14.6. The van der Waals surface area contributed by atoms with Crippen molar-refractivity contribution in [3.8, 4) is 5.75 Å². The predicted molar refractivity (Wildman–Crippen MR) is 81.9 cm³/mol. The highest BCUT2D eigenvalue weighted by atomic mass is 16.5. The first-order valence-electron chi connectivity index (χ1n) is 7.70. The molecule has 2 bridgehead atoms. The molecule has 3 nitrogen and oxygen atoms in total. The molecule has 1 saturated heterocycles. The van der Waals surface area contributed by atoms with E-state index in [-0.39, 0.29) is 29.8 Å². The summed E-state index contributed by atoms with van der Waals surface area (Å²) in [6.45, 7) is 7.19. The van der Waals surface area contributed by atoms with E-state index in [1.54, 1.807) is 6.07 Å². The molecule has 21 heavy (non-hydrogen) atoms. The molecular formula is C18H24O3. The van der Waals surface area contributed by atoms with Gasteiger partial charge in [0.1, 0.15) is 5.75 Å². The van der Waals surface area contributed by atoms with Crippen LogP contribution in [0.3, 0.4) is 0 Å². The minimum atomic E-state index is -0.203. The summed E-state index contributed by atoms with van der Waals surface area (Å²) < 4.78 is 6.16. The van der Waals surface area contributed by atoms with E-state index in [2.05, 4.69) is 26.8 Å². The standard InChI is InChI=1S/C18H24O3/c1-11-8-12(2)18(9-19)10-21-17(16(11)13(18)3)14-6-4-5-7-15(14)20/h4-8,12-13,16-17,19-20H,9-10H2,1-3H3/t12?,13?,16?,17?,18-/m1/s1. The van der Waals surface area contributed by atoms with Crippen LogP contribution in [0.4, 0.5) is 0 Å². The topological polar surface area (TPSA) is 49.7 Å². The summed E-state index contributed by atoms with van der Waals surface area (Å²) in [6.07, 6.45) is 2.14. The molecule has 114 valence electrons. The fourth-order valence-corrected chi connectivity index (χ4v) is 4.30. The highest BCUT2D eigenvalue weighted by Gasteiger charge is 2.53. The number of ether oxygens (including phenoxy) is 1. The molecule has 1 heterocycles. The Balaban J connectivity index is 2.06. The average Bonchev–Trinajstić information content (AvgIpc) is 2.46. The van der Waals surface area contributed by atoms with Crippen molar-refractivity contribution >= 4 is 0 Å². The van der Waals surface area contributed by atoms with Gasteiger partial charge >= 0.3 is 0 Å². The van der Waals surface area contributed by atoms with Crippen LogP contribution in [0.5, 0.6) is 5.75 Å². The number of aromatic hydroxyl groups is 1. The van der Waals surface area contributed by atoms with Crippen LogP contribution in [0.2, 0.25) is 0 Å². The number of phenolic OH excluding ortho intramolecular Hbond substituents is 1. The Labute approximate surface area is 126 Å². The number of allylic oxidation sites excluding steroid dienone is 1. The van der Waals surface area contributed by atoms with E-state index in [1.165, 1.54) is 5.57 Å². The van der Waals surface area contributed by atoms with E-state index in [4.69, 9.17) is 4.74 Å². The van der Waals surface area contributed by atoms with Gasteiger partial charge in [-0.15, -0.1) is 0 Å². The first-order chi connectivity index (χ1) is 10.0. The molecule has 0 saturated carbocycles. The number of hydrogen-bond acceptors (Lipinski definition) is 3. The second-order valence-electron chi connectivity index (χ2n) is 6.70. The number of benzene rings is 1. The maximum Gasteiger partial charge on any atom is 0.121 e. The zero-order valence-electron chi connectivity index (χ0n) is 12.9. The maximum atomic E-state index is 10.2. The number of fused-ring (bicyclic) bond motifs is 2. The summed E-state index contributed by atoms with van der Waals surface area (Å²) in [6, 6.07) is 7.40. The number of phenols is 1. The van der Waals surface area contributed by atoms with Crippen LogP contribution in [0.1, 0.15) is 32.4 Å². The number of aliphatic hydroxyl groups is 1. The largest absolute Gasteiger partial charge is 0.508 e. The lowest BCUT2D eigenvalue weighted by atomic mass is 9.56. The van der Waals surface area contributed by atoms with Gasteiger partial charge in [0.15, 0.2) is 0 Å². The van der Waals surface area contributed by atoms with Gasteiger partial charge in [0, 0.05) is 16.9 Å². The van der Waals surface area contributed by atoms with Gasteiger partial charge in [-0.05, 0) is 24.8 Å². The molecular weight excluding hydrogens is 264 g/mol. The number of rotatable bonds is 2. The molecule has 1 aromatic rings. The summed E-state index contributed by atoms with van der Waals surface area (Å²) in [4.78, 5) is 0. The second-order valence-corrected chi connectivity index (χ2v) is 6.70. The smallest absolute Gasteiger partial charge is 0.121 e. The van der Waals surface area contributed by atoms with Gasteiger partial charge in [0.2, 0.25) is 0 Å². The van der Waals surface area contributed by atoms with Gasteiger partial charge in [-0.3, -0.25) is 0 Å². The van der Waals surface area contributed by atoms with E-state index in [9.17, 15) is 10.2 Å². The normalized spacial score (nSPS) is 39.0. The molecule has 2 aliphatic rings. The SMILES string of the molecule is CC1=CC(C)[C@@]2(CO)COC(c3ccccc3O)C1C2C. The maximum absolute atomic E-state index is 10.2. The van der Waals surface area contributed by atoms with Gasteiger partial charge < -0.3 is 14.9 Å². The van der Waals surface area contributed by atoms with E-state index in [0.29, 0.717) is 18.4 Å². The average molecular weight is 288 g/mol. The molecule has 1 aliphatic carbocycles. The highest BCUT2D eigenvalue weighted by molar-refractivity contribution is 5.37. The van der Waals surface area contributed by atoms with Crippen LogP contribution in [-0.2, 0) is 4.74 Å². The summed E-state index contributed by atoms with van der Waals surface area (Å²) in [5, 5.41) is 20.1. The van der Waals surface area contributed by atoms with Crippen molar-refractivity contribution in [1.29, 1.82) is 0 Å². The third kappa shape index (κ3) is 2.02. The molecule has 5 atom stereocenters. The minimum Gasteiger partial charge on any atom is -0.508 e. The lowest BCUT2D eigenvalue weighted by Gasteiger charge is -2.55. The van der Waals surface area contributed by atoms with E-state index < -0.39 is 0 Å². The number of aliphatic hydroxyl groups excluding tert-OH is 1. The van der Waals surface area contributed by atoms with Crippen molar-refractivity contribution in [2.45, 2.75) is 26.9 Å². The van der Waals surface area contributed by atoms with Crippen molar-refractivity contribution < 1.29 is 14.9 Å². The second kappa shape index (κ2) is 5.15. The van der Waals surface area contributed by atoms with Gasteiger partial charge in [-0.1, -0.05) is 43.7 Å². The van der Waals surface area contributed by atoms with Crippen LogP contribution >= 0.6 is 0 Å². The lowest BCUT2D eigenvalue weighted by molar-refractivity contribution is -0.165. The van der Waals surface area contributed by atoms with Crippen LogP contribution < -0.4 is 0 Å². The Morgan fingerprint density at radius 2 is 2.00 bits per heavy atom. The van der Waals surface area contributed by atoms with Gasteiger partial charge in [0.05, 0.1) is 19.3 Å². The lowest BCUT2D eigenvalue weighted by Crippen LogP contribution is -2.53. The quantitative estimate of drug-likeness (QED) is 0.821. The van der Waals surface area contributed by atoms with E-state index >= 15 is 0 Å². The number of hydrogen-bond donors (Lipinski definition) is 2. The van der Waals surface area contributed by atoms with Gasteiger partial charge in [-0.2, -0.15) is 0 Å². The van der Waals surface area contributed by atoms with Crippen LogP contribution in [-0.4, -0.2) is 23.4 Å². The van der Waals surface area contributed by atoms with Crippen molar-refractivity contribution in [1.82, 2.24) is 0 Å². The predicted octanol–water partition coefficient (Wildman–Crippen LogP) is 3.29. The Morgan fingerprint density at radius 3 is 2.67 bits per heavy atom. The number of para-hydroxylation sites is 1. The Morgan fingerprint density at radius 1 is 1.29 bits per heavy atom. The molecule has 0 amide bonds.